The molecule has 3 atom stereocenters. The fraction of sp³-hybridized carbons (Fsp3) is 1.00. The molecule has 0 saturated heterocycles. The van der Waals surface area contributed by atoms with Crippen LogP contribution in [-0.2, 0) is 0 Å². The van der Waals surface area contributed by atoms with Crippen molar-refractivity contribution in [1.82, 2.24) is 0 Å². The molecule has 54 valence electrons. The van der Waals surface area contributed by atoms with Gasteiger partial charge in [-0.25, -0.2) is 0 Å². The molecule has 0 amide bonds. The summed E-state index contributed by atoms with van der Waals surface area (Å²) < 4.78 is 0. The molecule has 1 rings (SSSR count). The SMILES string of the molecule is CCC1CC(C)C1CC. The molecule has 0 aliphatic heterocycles. The maximum atomic E-state index is 2.39. The molecule has 0 heteroatoms. The summed E-state index contributed by atoms with van der Waals surface area (Å²) in [6.07, 6.45) is 4.30. The van der Waals surface area contributed by atoms with Gasteiger partial charge in [0, 0.05) is 0 Å². The van der Waals surface area contributed by atoms with E-state index in [1.165, 1.54) is 19.3 Å². The van der Waals surface area contributed by atoms with Crippen molar-refractivity contribution in [2.24, 2.45) is 17.8 Å². The predicted octanol–water partition coefficient (Wildman–Crippen LogP) is 3.08. The molecular weight excluding hydrogens is 108 g/mol. The quantitative estimate of drug-likeness (QED) is 0.533. The fourth-order valence-electron chi connectivity index (χ4n) is 2.30. The maximum Gasteiger partial charge on any atom is -0.0363 e. The molecular formula is C9H18. The molecule has 9 heavy (non-hydrogen) atoms. The highest BCUT2D eigenvalue weighted by Gasteiger charge is 2.34. The van der Waals surface area contributed by atoms with Gasteiger partial charge in [0.25, 0.3) is 0 Å². The second-order valence-corrected chi connectivity index (χ2v) is 3.45. The lowest BCUT2D eigenvalue weighted by Gasteiger charge is -2.42. The monoisotopic (exact) mass is 126 g/mol. The standard InChI is InChI=1S/C9H18/c1-4-8-6-7(3)9(8)5-2/h7-9H,4-6H2,1-3H3. The van der Waals surface area contributed by atoms with Crippen molar-refractivity contribution in [3.05, 3.63) is 0 Å². The predicted molar refractivity (Wildman–Crippen MR) is 41.3 cm³/mol. The van der Waals surface area contributed by atoms with Crippen molar-refractivity contribution < 1.29 is 0 Å². The summed E-state index contributed by atoms with van der Waals surface area (Å²) in [6, 6.07) is 0. The van der Waals surface area contributed by atoms with E-state index < -0.39 is 0 Å². The molecule has 0 bridgehead atoms. The molecule has 0 aromatic heterocycles. The van der Waals surface area contributed by atoms with Crippen LogP contribution in [0.25, 0.3) is 0 Å². The van der Waals surface area contributed by atoms with Crippen LogP contribution in [0.4, 0.5) is 0 Å². The van der Waals surface area contributed by atoms with E-state index in [4.69, 9.17) is 0 Å². The molecule has 3 unspecified atom stereocenters. The molecule has 1 aliphatic carbocycles. The third-order valence-electron chi connectivity index (χ3n) is 3.01. The average molecular weight is 126 g/mol. The van der Waals surface area contributed by atoms with E-state index in [2.05, 4.69) is 20.8 Å². The summed E-state index contributed by atoms with van der Waals surface area (Å²) in [5.41, 5.74) is 0. The third kappa shape index (κ3) is 1.12. The van der Waals surface area contributed by atoms with Gasteiger partial charge in [-0.1, -0.05) is 33.6 Å². The van der Waals surface area contributed by atoms with Crippen molar-refractivity contribution in [3.8, 4) is 0 Å². The highest BCUT2D eigenvalue weighted by molar-refractivity contribution is 4.84. The van der Waals surface area contributed by atoms with Gasteiger partial charge in [-0.3, -0.25) is 0 Å². The van der Waals surface area contributed by atoms with E-state index in [0.29, 0.717) is 0 Å². The number of rotatable bonds is 2. The first-order chi connectivity index (χ1) is 4.29. The van der Waals surface area contributed by atoms with Gasteiger partial charge < -0.3 is 0 Å². The van der Waals surface area contributed by atoms with Crippen LogP contribution in [0.15, 0.2) is 0 Å². The van der Waals surface area contributed by atoms with Gasteiger partial charge in [0.15, 0.2) is 0 Å². The highest BCUT2D eigenvalue weighted by atomic mass is 14.4. The first kappa shape index (κ1) is 7.11. The van der Waals surface area contributed by atoms with Crippen molar-refractivity contribution in [2.45, 2.75) is 40.0 Å². The summed E-state index contributed by atoms with van der Waals surface area (Å²) in [5.74, 6) is 3.17. The molecule has 1 aliphatic rings. The molecule has 0 radical (unpaired) electrons. The van der Waals surface area contributed by atoms with Crippen LogP contribution in [0.5, 0.6) is 0 Å². The van der Waals surface area contributed by atoms with Crippen LogP contribution in [0, 0.1) is 17.8 Å². The van der Waals surface area contributed by atoms with Crippen LogP contribution in [-0.4, -0.2) is 0 Å². The Kier molecular flexibility index (Phi) is 2.15. The highest BCUT2D eigenvalue weighted by Crippen LogP contribution is 2.43. The van der Waals surface area contributed by atoms with E-state index >= 15 is 0 Å². The van der Waals surface area contributed by atoms with Crippen molar-refractivity contribution >= 4 is 0 Å². The fourth-order valence-corrected chi connectivity index (χ4v) is 2.30. The van der Waals surface area contributed by atoms with E-state index in [1.54, 1.807) is 0 Å². The minimum Gasteiger partial charge on any atom is -0.0651 e. The van der Waals surface area contributed by atoms with Crippen LogP contribution in [0.2, 0.25) is 0 Å². The van der Waals surface area contributed by atoms with Crippen molar-refractivity contribution in [2.75, 3.05) is 0 Å². The van der Waals surface area contributed by atoms with Gasteiger partial charge in [0.1, 0.15) is 0 Å². The summed E-state index contributed by atoms with van der Waals surface area (Å²) in [6.45, 7) is 7.03. The summed E-state index contributed by atoms with van der Waals surface area (Å²) >= 11 is 0. The molecule has 0 nitrogen and oxygen atoms in total. The number of hydrogen-bond donors (Lipinski definition) is 0. The lowest BCUT2D eigenvalue weighted by atomic mass is 9.63. The summed E-state index contributed by atoms with van der Waals surface area (Å²) in [7, 11) is 0. The second-order valence-electron chi connectivity index (χ2n) is 3.45. The molecule has 0 N–H and O–H groups in total. The molecule has 0 aromatic carbocycles. The first-order valence-corrected chi connectivity index (χ1v) is 4.29. The van der Waals surface area contributed by atoms with E-state index in [-0.39, 0.29) is 0 Å². The van der Waals surface area contributed by atoms with Crippen LogP contribution in [0.1, 0.15) is 40.0 Å². The van der Waals surface area contributed by atoms with Gasteiger partial charge in [0.05, 0.1) is 0 Å². The summed E-state index contributed by atoms with van der Waals surface area (Å²) in [4.78, 5) is 0. The smallest absolute Gasteiger partial charge is 0.0363 e. The zero-order chi connectivity index (χ0) is 6.85. The summed E-state index contributed by atoms with van der Waals surface area (Å²) in [5, 5.41) is 0. The lowest BCUT2D eigenvalue weighted by Crippen LogP contribution is -2.33. The molecule has 0 heterocycles. The van der Waals surface area contributed by atoms with Crippen molar-refractivity contribution in [3.63, 3.8) is 0 Å². The van der Waals surface area contributed by atoms with Gasteiger partial charge in [0.2, 0.25) is 0 Å². The minimum absolute atomic E-state index is 1.03. The molecule has 0 spiro atoms. The lowest BCUT2D eigenvalue weighted by molar-refractivity contribution is 0.0787. The molecule has 1 fully saturated rings. The first-order valence-electron chi connectivity index (χ1n) is 4.29. The van der Waals surface area contributed by atoms with Gasteiger partial charge >= 0.3 is 0 Å². The average Bonchev–Trinajstić information content (AvgIpc) is 1.83. The second kappa shape index (κ2) is 2.72. The molecule has 1 saturated carbocycles. The Hall–Kier alpha value is 0. The van der Waals surface area contributed by atoms with E-state index in [9.17, 15) is 0 Å². The van der Waals surface area contributed by atoms with Gasteiger partial charge in [-0.2, -0.15) is 0 Å². The third-order valence-corrected chi connectivity index (χ3v) is 3.01. The topological polar surface area (TPSA) is 0 Å². The minimum atomic E-state index is 1.03. The van der Waals surface area contributed by atoms with Gasteiger partial charge in [-0.15, -0.1) is 0 Å². The molecule has 0 aromatic rings. The van der Waals surface area contributed by atoms with E-state index in [0.717, 1.165) is 17.8 Å². The Bertz CT molecular complexity index is 86.0. The maximum absolute atomic E-state index is 2.39. The van der Waals surface area contributed by atoms with Crippen LogP contribution < -0.4 is 0 Å². The Labute approximate surface area is 58.7 Å². The van der Waals surface area contributed by atoms with E-state index in [1.807, 2.05) is 0 Å². The van der Waals surface area contributed by atoms with Crippen molar-refractivity contribution in [1.29, 1.82) is 0 Å². The van der Waals surface area contributed by atoms with Crippen LogP contribution in [0.3, 0.4) is 0 Å². The zero-order valence-electron chi connectivity index (χ0n) is 6.85. The van der Waals surface area contributed by atoms with Gasteiger partial charge in [-0.05, 0) is 24.2 Å². The van der Waals surface area contributed by atoms with Crippen LogP contribution >= 0.6 is 0 Å². The Balaban J connectivity index is 2.29. The Morgan fingerprint density at radius 1 is 1.22 bits per heavy atom. The zero-order valence-corrected chi connectivity index (χ0v) is 6.85. The Morgan fingerprint density at radius 2 is 1.89 bits per heavy atom. The number of hydrogen-bond acceptors (Lipinski definition) is 0. The normalized spacial score (nSPS) is 42.3. The Morgan fingerprint density at radius 3 is 2.11 bits per heavy atom. The largest absolute Gasteiger partial charge is 0.0651 e.